The van der Waals surface area contributed by atoms with E-state index in [9.17, 15) is 13.6 Å². The van der Waals surface area contributed by atoms with Gasteiger partial charge in [-0.1, -0.05) is 30.3 Å². The molecule has 31 heavy (non-hydrogen) atoms. The van der Waals surface area contributed by atoms with Crippen LogP contribution in [0.2, 0.25) is 0 Å². The van der Waals surface area contributed by atoms with Crippen molar-refractivity contribution >= 4 is 11.4 Å². The minimum Gasteiger partial charge on any atom is -0.287 e. The summed E-state index contributed by atoms with van der Waals surface area (Å²) in [5, 5.41) is 12.9. The number of aromatic nitrogens is 4. The van der Waals surface area contributed by atoms with Gasteiger partial charge in [0.1, 0.15) is 17.3 Å². The third-order valence-electron chi connectivity index (χ3n) is 4.95. The van der Waals surface area contributed by atoms with Gasteiger partial charge in [0.15, 0.2) is 11.3 Å². The highest BCUT2D eigenvalue weighted by Gasteiger charge is 2.23. The lowest BCUT2D eigenvalue weighted by molar-refractivity contribution is 0.103. The van der Waals surface area contributed by atoms with Crippen LogP contribution >= 0.6 is 0 Å². The van der Waals surface area contributed by atoms with E-state index in [0.717, 1.165) is 11.1 Å². The number of nitrogens with zero attached hydrogens (tertiary/aromatic N) is 4. The second-order valence-corrected chi connectivity index (χ2v) is 6.90. The van der Waals surface area contributed by atoms with E-state index >= 15 is 0 Å². The van der Waals surface area contributed by atoms with Gasteiger partial charge in [-0.25, -0.2) is 13.3 Å². The molecule has 2 heterocycles. The predicted molar refractivity (Wildman–Crippen MR) is 111 cm³/mol. The second kappa shape index (κ2) is 7.53. The zero-order valence-corrected chi connectivity index (χ0v) is 16.0. The van der Waals surface area contributed by atoms with Gasteiger partial charge in [-0.05, 0) is 54.1 Å². The average molecular weight is 412 g/mol. The average Bonchev–Trinajstić information content (AvgIpc) is 3.24. The van der Waals surface area contributed by atoms with Crippen molar-refractivity contribution in [1.29, 1.82) is 0 Å². The molecule has 0 saturated carbocycles. The lowest BCUT2D eigenvalue weighted by atomic mass is 10.0. The Bertz CT molecular complexity index is 1400. The molecule has 0 fully saturated rings. The largest absolute Gasteiger partial charge is 0.287 e. The van der Waals surface area contributed by atoms with E-state index in [-0.39, 0.29) is 11.3 Å². The molecule has 0 unspecified atom stereocenters. The van der Waals surface area contributed by atoms with Crippen LogP contribution in [0, 0.1) is 11.6 Å². The monoisotopic (exact) mass is 412 g/mol. The highest BCUT2D eigenvalue weighted by molar-refractivity contribution is 6.11. The van der Waals surface area contributed by atoms with Gasteiger partial charge in [0, 0.05) is 16.7 Å². The van der Waals surface area contributed by atoms with Gasteiger partial charge in [-0.3, -0.25) is 4.79 Å². The minimum absolute atomic E-state index is 0.0356. The molecule has 0 N–H and O–H groups in total. The van der Waals surface area contributed by atoms with Crippen LogP contribution in [0.1, 0.15) is 16.1 Å². The van der Waals surface area contributed by atoms with E-state index in [1.165, 1.54) is 40.9 Å². The first-order valence-electron chi connectivity index (χ1n) is 9.48. The number of hydrogen-bond acceptors (Lipinski definition) is 4. The Labute approximate surface area is 175 Å². The SMILES string of the molecule is O=C(c1ccc(F)cc1)c1nnc2c(-c3ccccc3)cnn2c1-c1ccc(F)cc1. The van der Waals surface area contributed by atoms with Crippen LogP contribution < -0.4 is 0 Å². The zero-order valence-electron chi connectivity index (χ0n) is 16.0. The molecule has 0 aliphatic rings. The van der Waals surface area contributed by atoms with Crippen LogP contribution in [0.4, 0.5) is 8.78 Å². The summed E-state index contributed by atoms with van der Waals surface area (Å²) in [5.74, 6) is -1.29. The minimum atomic E-state index is -0.448. The molecule has 3 aromatic carbocycles. The highest BCUT2D eigenvalue weighted by atomic mass is 19.1. The Hall–Kier alpha value is -4.26. The van der Waals surface area contributed by atoms with Crippen LogP contribution in [0.15, 0.2) is 85.1 Å². The normalized spacial score (nSPS) is 11.0. The van der Waals surface area contributed by atoms with Gasteiger partial charge in [0.2, 0.25) is 5.78 Å². The van der Waals surface area contributed by atoms with Crippen molar-refractivity contribution in [2.75, 3.05) is 0 Å². The third kappa shape index (κ3) is 3.36. The summed E-state index contributed by atoms with van der Waals surface area (Å²) < 4.78 is 28.4. The summed E-state index contributed by atoms with van der Waals surface area (Å²) in [4.78, 5) is 13.2. The topological polar surface area (TPSA) is 60.2 Å². The fourth-order valence-electron chi connectivity index (χ4n) is 3.43. The lowest BCUT2D eigenvalue weighted by Gasteiger charge is -2.10. The summed E-state index contributed by atoms with van der Waals surface area (Å²) in [7, 11) is 0. The number of ketones is 1. The molecule has 0 atom stereocenters. The van der Waals surface area contributed by atoms with E-state index in [0.29, 0.717) is 16.9 Å². The Kier molecular flexibility index (Phi) is 4.55. The van der Waals surface area contributed by atoms with Crippen LogP contribution in [0.25, 0.3) is 28.0 Å². The molecular weight excluding hydrogens is 398 g/mol. The van der Waals surface area contributed by atoms with Gasteiger partial charge in [-0.15, -0.1) is 10.2 Å². The number of hydrogen-bond donors (Lipinski definition) is 0. The third-order valence-corrected chi connectivity index (χ3v) is 4.95. The van der Waals surface area contributed by atoms with Crippen molar-refractivity contribution in [3.8, 4) is 22.4 Å². The Balaban J connectivity index is 1.75. The lowest BCUT2D eigenvalue weighted by Crippen LogP contribution is -2.12. The van der Waals surface area contributed by atoms with Crippen molar-refractivity contribution in [1.82, 2.24) is 19.8 Å². The standard InChI is InChI=1S/C24H14F2N4O/c25-18-10-6-16(7-11-18)22-21(23(31)17-8-12-19(26)13-9-17)28-29-24-20(14-27-30(22)24)15-4-2-1-3-5-15/h1-14H. The molecule has 0 bridgehead atoms. The van der Waals surface area contributed by atoms with Crippen molar-refractivity contribution in [3.05, 3.63) is 108 Å². The molecular formula is C24H14F2N4O. The molecule has 0 aliphatic carbocycles. The predicted octanol–water partition coefficient (Wildman–Crippen LogP) is 4.97. The van der Waals surface area contributed by atoms with Crippen molar-refractivity contribution in [3.63, 3.8) is 0 Å². The molecule has 150 valence electrons. The number of benzene rings is 3. The first-order valence-corrected chi connectivity index (χ1v) is 9.48. The van der Waals surface area contributed by atoms with Gasteiger partial charge in [0.25, 0.3) is 0 Å². The molecule has 0 amide bonds. The number of carbonyl (C=O) groups excluding carboxylic acids is 1. The molecule has 5 rings (SSSR count). The summed E-state index contributed by atoms with van der Waals surface area (Å²) in [6, 6.07) is 20.5. The maximum Gasteiger partial charge on any atom is 0.215 e. The fraction of sp³-hybridized carbons (Fsp3) is 0. The van der Waals surface area contributed by atoms with Crippen molar-refractivity contribution < 1.29 is 13.6 Å². The molecule has 7 heteroatoms. The smallest absolute Gasteiger partial charge is 0.215 e. The van der Waals surface area contributed by atoms with Crippen LogP contribution in [0.3, 0.4) is 0 Å². The van der Waals surface area contributed by atoms with E-state index < -0.39 is 17.4 Å². The maximum atomic E-state index is 13.6. The number of rotatable bonds is 4. The van der Waals surface area contributed by atoms with Gasteiger partial charge in [-0.2, -0.15) is 5.10 Å². The molecule has 0 saturated heterocycles. The van der Waals surface area contributed by atoms with Gasteiger partial charge in [0.05, 0.1) is 6.20 Å². The van der Waals surface area contributed by atoms with Crippen molar-refractivity contribution in [2.45, 2.75) is 0 Å². The number of fused-ring (bicyclic) bond motifs is 1. The molecule has 0 radical (unpaired) electrons. The molecule has 5 nitrogen and oxygen atoms in total. The van der Waals surface area contributed by atoms with E-state index in [2.05, 4.69) is 15.3 Å². The van der Waals surface area contributed by atoms with Gasteiger partial charge < -0.3 is 0 Å². The van der Waals surface area contributed by atoms with E-state index in [4.69, 9.17) is 0 Å². The summed E-state index contributed by atoms with van der Waals surface area (Å²) in [5.41, 5.74) is 3.33. The summed E-state index contributed by atoms with van der Waals surface area (Å²) >= 11 is 0. The fourth-order valence-corrected chi connectivity index (χ4v) is 3.43. The molecule has 0 spiro atoms. The molecule has 2 aromatic heterocycles. The van der Waals surface area contributed by atoms with Crippen LogP contribution in [-0.4, -0.2) is 25.6 Å². The van der Waals surface area contributed by atoms with Gasteiger partial charge >= 0.3 is 0 Å². The van der Waals surface area contributed by atoms with E-state index in [1.54, 1.807) is 18.3 Å². The first kappa shape index (κ1) is 18.7. The Morgan fingerprint density at radius 2 is 1.39 bits per heavy atom. The molecule has 5 aromatic rings. The second-order valence-electron chi connectivity index (χ2n) is 6.90. The quantitative estimate of drug-likeness (QED) is 0.391. The molecule has 0 aliphatic heterocycles. The number of halogens is 2. The van der Waals surface area contributed by atoms with Crippen molar-refractivity contribution in [2.24, 2.45) is 0 Å². The first-order chi connectivity index (χ1) is 15.1. The number of carbonyl (C=O) groups is 1. The van der Waals surface area contributed by atoms with Crippen LogP contribution in [-0.2, 0) is 0 Å². The summed E-state index contributed by atoms with van der Waals surface area (Å²) in [6.45, 7) is 0. The van der Waals surface area contributed by atoms with Crippen LogP contribution in [0.5, 0.6) is 0 Å². The Morgan fingerprint density at radius 1 is 0.742 bits per heavy atom. The van der Waals surface area contributed by atoms with E-state index in [1.807, 2.05) is 30.3 Å². The highest BCUT2D eigenvalue weighted by Crippen LogP contribution is 2.29. The zero-order chi connectivity index (χ0) is 21.4. The summed E-state index contributed by atoms with van der Waals surface area (Å²) in [6.07, 6.45) is 1.65. The Morgan fingerprint density at radius 3 is 2.06 bits per heavy atom. The maximum absolute atomic E-state index is 13.6.